The molecule has 0 radical (unpaired) electrons. The predicted octanol–water partition coefficient (Wildman–Crippen LogP) is 1.83. The number of allylic oxidation sites excluding steroid dienone is 4. The molecule has 19 heavy (non-hydrogen) atoms. The third kappa shape index (κ3) is 1.40. The molecule has 2 N–H and O–H groups in total. The summed E-state index contributed by atoms with van der Waals surface area (Å²) >= 11 is 0. The second-order valence-corrected chi connectivity index (χ2v) is 5.21. The van der Waals surface area contributed by atoms with E-state index in [-0.39, 0.29) is 0 Å². The van der Waals surface area contributed by atoms with Gasteiger partial charge in [-0.05, 0) is 27.4 Å². The van der Waals surface area contributed by atoms with Crippen LogP contribution in [-0.4, -0.2) is 17.2 Å². The lowest BCUT2D eigenvalue weighted by Gasteiger charge is -2.17. The SMILES string of the molecule is OB(O)c1ccc2c3c(cccc13)C1C=CC=CC21. The molecule has 0 saturated heterocycles. The molecule has 0 bridgehead atoms. The highest BCUT2D eigenvalue weighted by Crippen LogP contribution is 2.48. The van der Waals surface area contributed by atoms with Gasteiger partial charge in [-0.3, -0.25) is 0 Å². The average Bonchev–Trinajstić information content (AvgIpc) is 2.76. The molecule has 3 heteroatoms. The number of benzene rings is 2. The molecule has 0 aromatic heterocycles. The Morgan fingerprint density at radius 3 is 2.21 bits per heavy atom. The van der Waals surface area contributed by atoms with Gasteiger partial charge in [0.1, 0.15) is 0 Å². The van der Waals surface area contributed by atoms with Gasteiger partial charge in [0.15, 0.2) is 0 Å². The average molecular weight is 248 g/mol. The quantitative estimate of drug-likeness (QED) is 0.756. The van der Waals surface area contributed by atoms with Crippen LogP contribution in [0, 0.1) is 0 Å². The molecule has 2 aliphatic carbocycles. The molecule has 2 unspecified atom stereocenters. The number of hydrogen-bond donors (Lipinski definition) is 2. The molecule has 2 aromatic carbocycles. The number of hydrogen-bond acceptors (Lipinski definition) is 2. The van der Waals surface area contributed by atoms with E-state index in [0.29, 0.717) is 17.3 Å². The smallest absolute Gasteiger partial charge is 0.423 e. The van der Waals surface area contributed by atoms with Crippen LogP contribution in [0.25, 0.3) is 10.8 Å². The van der Waals surface area contributed by atoms with Crippen LogP contribution in [0.3, 0.4) is 0 Å². The van der Waals surface area contributed by atoms with Crippen LogP contribution < -0.4 is 5.46 Å². The molecule has 4 rings (SSSR count). The van der Waals surface area contributed by atoms with E-state index >= 15 is 0 Å². The van der Waals surface area contributed by atoms with E-state index in [2.05, 4.69) is 30.4 Å². The topological polar surface area (TPSA) is 40.5 Å². The normalized spacial score (nSPS) is 22.8. The van der Waals surface area contributed by atoms with Gasteiger partial charge in [0, 0.05) is 11.8 Å². The van der Waals surface area contributed by atoms with Crippen LogP contribution >= 0.6 is 0 Å². The van der Waals surface area contributed by atoms with E-state index in [9.17, 15) is 10.0 Å². The van der Waals surface area contributed by atoms with Crippen molar-refractivity contribution in [3.8, 4) is 0 Å². The maximum atomic E-state index is 9.51. The summed E-state index contributed by atoms with van der Waals surface area (Å²) in [6.45, 7) is 0. The van der Waals surface area contributed by atoms with Gasteiger partial charge in [0.05, 0.1) is 0 Å². The lowest BCUT2D eigenvalue weighted by atomic mass is 9.76. The molecular weight excluding hydrogens is 235 g/mol. The van der Waals surface area contributed by atoms with Crippen LogP contribution in [0.15, 0.2) is 54.6 Å². The number of rotatable bonds is 1. The van der Waals surface area contributed by atoms with E-state index < -0.39 is 7.12 Å². The van der Waals surface area contributed by atoms with Gasteiger partial charge < -0.3 is 10.0 Å². The number of fused-ring (bicyclic) bond motifs is 3. The zero-order chi connectivity index (χ0) is 13.0. The van der Waals surface area contributed by atoms with Gasteiger partial charge in [-0.2, -0.15) is 0 Å². The Hall–Kier alpha value is -1.84. The van der Waals surface area contributed by atoms with Gasteiger partial charge in [-0.1, -0.05) is 54.6 Å². The largest absolute Gasteiger partial charge is 0.489 e. The van der Waals surface area contributed by atoms with Crippen molar-refractivity contribution in [3.05, 3.63) is 65.8 Å². The van der Waals surface area contributed by atoms with Crippen LogP contribution in [0.2, 0.25) is 0 Å². The molecule has 0 amide bonds. The van der Waals surface area contributed by atoms with E-state index in [4.69, 9.17) is 0 Å². The van der Waals surface area contributed by atoms with E-state index in [1.54, 1.807) is 0 Å². The van der Waals surface area contributed by atoms with Crippen molar-refractivity contribution in [2.75, 3.05) is 0 Å². The fourth-order valence-corrected chi connectivity index (χ4v) is 3.47. The minimum absolute atomic E-state index is 0.384. The Morgan fingerprint density at radius 1 is 0.842 bits per heavy atom. The molecule has 2 aromatic rings. The summed E-state index contributed by atoms with van der Waals surface area (Å²) in [5.74, 6) is 0.768. The minimum Gasteiger partial charge on any atom is -0.423 e. The summed E-state index contributed by atoms with van der Waals surface area (Å²) < 4.78 is 0. The van der Waals surface area contributed by atoms with Gasteiger partial charge >= 0.3 is 7.12 Å². The Morgan fingerprint density at radius 2 is 1.53 bits per heavy atom. The van der Waals surface area contributed by atoms with Crippen molar-refractivity contribution in [3.63, 3.8) is 0 Å². The van der Waals surface area contributed by atoms with Gasteiger partial charge in [-0.15, -0.1) is 0 Å². The van der Waals surface area contributed by atoms with Gasteiger partial charge in [-0.25, -0.2) is 0 Å². The van der Waals surface area contributed by atoms with E-state index in [0.717, 1.165) is 5.39 Å². The zero-order valence-electron chi connectivity index (χ0n) is 10.3. The highest BCUT2D eigenvalue weighted by molar-refractivity contribution is 6.62. The van der Waals surface area contributed by atoms with Crippen molar-refractivity contribution in [1.82, 2.24) is 0 Å². The Labute approximate surface area is 111 Å². The van der Waals surface area contributed by atoms with Crippen molar-refractivity contribution in [2.24, 2.45) is 0 Å². The zero-order valence-corrected chi connectivity index (χ0v) is 10.3. The van der Waals surface area contributed by atoms with Crippen molar-refractivity contribution >= 4 is 23.4 Å². The molecule has 92 valence electrons. The molecular formula is C16H13BO2. The molecule has 2 atom stereocenters. The van der Waals surface area contributed by atoms with Gasteiger partial charge in [0.25, 0.3) is 0 Å². The fraction of sp³-hybridized carbons (Fsp3) is 0.125. The molecule has 2 aliphatic rings. The molecule has 0 aliphatic heterocycles. The fourth-order valence-electron chi connectivity index (χ4n) is 3.47. The molecule has 0 saturated carbocycles. The van der Waals surface area contributed by atoms with E-state index in [1.165, 1.54) is 16.5 Å². The Balaban J connectivity index is 2.09. The summed E-state index contributed by atoms with van der Waals surface area (Å²) in [5.41, 5.74) is 3.17. The first-order valence-corrected chi connectivity index (χ1v) is 6.54. The summed E-state index contributed by atoms with van der Waals surface area (Å²) in [6, 6.07) is 9.99. The third-order valence-corrected chi connectivity index (χ3v) is 4.27. The Kier molecular flexibility index (Phi) is 2.22. The van der Waals surface area contributed by atoms with Crippen molar-refractivity contribution in [2.45, 2.75) is 11.8 Å². The minimum atomic E-state index is -1.42. The predicted molar refractivity (Wildman–Crippen MR) is 77.5 cm³/mol. The van der Waals surface area contributed by atoms with Crippen LogP contribution in [0.5, 0.6) is 0 Å². The highest BCUT2D eigenvalue weighted by atomic mass is 16.4. The molecule has 0 heterocycles. The summed E-state index contributed by atoms with van der Waals surface area (Å²) in [5, 5.41) is 21.2. The highest BCUT2D eigenvalue weighted by Gasteiger charge is 2.33. The van der Waals surface area contributed by atoms with Crippen LogP contribution in [0.4, 0.5) is 0 Å². The monoisotopic (exact) mass is 248 g/mol. The lowest BCUT2D eigenvalue weighted by molar-refractivity contribution is 0.426. The summed E-state index contributed by atoms with van der Waals surface area (Å²) in [7, 11) is -1.42. The maximum absolute atomic E-state index is 9.51. The molecule has 2 nitrogen and oxygen atoms in total. The molecule has 0 fully saturated rings. The van der Waals surface area contributed by atoms with Crippen molar-refractivity contribution < 1.29 is 10.0 Å². The first kappa shape index (κ1) is 11.0. The van der Waals surface area contributed by atoms with Crippen molar-refractivity contribution in [1.29, 1.82) is 0 Å². The first-order valence-electron chi connectivity index (χ1n) is 6.54. The lowest BCUT2D eigenvalue weighted by Crippen LogP contribution is -2.30. The standard InChI is InChI=1S/C16H13BO2/c18-17(19)15-9-8-13-11-5-2-1-4-10(11)12-6-3-7-14(15)16(12)13/h1-11,18-19H. The molecule has 0 spiro atoms. The van der Waals surface area contributed by atoms with Gasteiger partial charge in [0.2, 0.25) is 0 Å². The second kappa shape index (κ2) is 3.83. The van der Waals surface area contributed by atoms with Crippen LogP contribution in [0.1, 0.15) is 23.0 Å². The maximum Gasteiger partial charge on any atom is 0.489 e. The summed E-state index contributed by atoms with van der Waals surface area (Å²) in [6.07, 6.45) is 8.64. The summed E-state index contributed by atoms with van der Waals surface area (Å²) in [4.78, 5) is 0. The first-order chi connectivity index (χ1) is 9.27. The van der Waals surface area contributed by atoms with E-state index in [1.807, 2.05) is 24.3 Å². The van der Waals surface area contributed by atoms with Crippen LogP contribution in [-0.2, 0) is 0 Å². The Bertz CT molecular complexity index is 707. The second-order valence-electron chi connectivity index (χ2n) is 5.21. The third-order valence-electron chi connectivity index (χ3n) is 4.27.